The van der Waals surface area contributed by atoms with Gasteiger partial charge in [0, 0.05) is 12.1 Å². The van der Waals surface area contributed by atoms with Gasteiger partial charge < -0.3 is 5.32 Å². The summed E-state index contributed by atoms with van der Waals surface area (Å²) in [6, 6.07) is 22.8. The summed E-state index contributed by atoms with van der Waals surface area (Å²) in [5, 5.41) is 2.70. The highest BCUT2D eigenvalue weighted by Gasteiger charge is 2.36. The fraction of sp³-hybridized carbons (Fsp3) is 0.160. The Morgan fingerprint density at radius 2 is 1.84 bits per heavy atom. The highest BCUT2D eigenvalue weighted by Crippen LogP contribution is 2.31. The van der Waals surface area contributed by atoms with Gasteiger partial charge in [-0.15, -0.1) is 0 Å². The van der Waals surface area contributed by atoms with E-state index in [1.54, 1.807) is 17.0 Å². The van der Waals surface area contributed by atoms with E-state index >= 15 is 0 Å². The third-order valence-electron chi connectivity index (χ3n) is 4.95. The fourth-order valence-corrected chi connectivity index (χ4v) is 4.43. The number of nitrogens with one attached hydrogen (secondary N) is 1. The van der Waals surface area contributed by atoms with Crippen molar-refractivity contribution < 1.29 is 14.0 Å². The molecule has 0 aliphatic carbocycles. The average Bonchev–Trinajstić information content (AvgIpc) is 2.78. The van der Waals surface area contributed by atoms with Gasteiger partial charge >= 0.3 is 0 Å². The van der Waals surface area contributed by atoms with Gasteiger partial charge in [0.2, 0.25) is 11.8 Å². The molecule has 5 nitrogen and oxygen atoms in total. The fourth-order valence-electron chi connectivity index (χ4n) is 3.33. The number of halogens is 1. The van der Waals surface area contributed by atoms with Crippen LogP contribution in [0.4, 0.5) is 15.8 Å². The molecule has 1 heterocycles. The van der Waals surface area contributed by atoms with Crippen molar-refractivity contribution in [3.8, 4) is 0 Å². The Kier molecular flexibility index (Phi) is 6.66. The molecule has 3 aromatic rings. The number of nitrogens with zero attached hydrogens (tertiary/aromatic N) is 2. The maximum absolute atomic E-state index is 13.3. The van der Waals surface area contributed by atoms with Crippen LogP contribution in [-0.2, 0) is 16.1 Å². The highest BCUT2D eigenvalue weighted by atomic mass is 32.2. The minimum absolute atomic E-state index is 0.0671. The number of hydrogen-bond acceptors (Lipinski definition) is 4. The van der Waals surface area contributed by atoms with Crippen molar-refractivity contribution in [3.63, 3.8) is 0 Å². The third kappa shape index (κ3) is 5.42. The van der Waals surface area contributed by atoms with Crippen molar-refractivity contribution >= 4 is 40.1 Å². The van der Waals surface area contributed by atoms with Gasteiger partial charge in [0.05, 0.1) is 12.2 Å². The quantitative estimate of drug-likeness (QED) is 0.578. The van der Waals surface area contributed by atoms with Crippen LogP contribution in [0.25, 0.3) is 0 Å². The van der Waals surface area contributed by atoms with Crippen molar-refractivity contribution in [2.24, 2.45) is 4.99 Å². The Labute approximate surface area is 190 Å². The maximum atomic E-state index is 13.3. The molecule has 1 aliphatic rings. The summed E-state index contributed by atoms with van der Waals surface area (Å²) >= 11 is 1.24. The van der Waals surface area contributed by atoms with Gasteiger partial charge in [-0.05, 0) is 54.4 Å². The van der Waals surface area contributed by atoms with E-state index in [-0.39, 0.29) is 24.1 Å². The first-order chi connectivity index (χ1) is 15.5. The monoisotopic (exact) mass is 447 g/mol. The predicted octanol–water partition coefficient (Wildman–Crippen LogP) is 5.29. The Bertz CT molecular complexity index is 1150. The number of benzene rings is 3. The van der Waals surface area contributed by atoms with Crippen molar-refractivity contribution in [3.05, 3.63) is 95.8 Å². The average molecular weight is 448 g/mol. The maximum Gasteiger partial charge on any atom is 0.238 e. The van der Waals surface area contributed by atoms with Crippen LogP contribution in [0.15, 0.2) is 83.9 Å². The van der Waals surface area contributed by atoms with Crippen LogP contribution in [0.5, 0.6) is 0 Å². The number of thioether (sulfide) groups is 1. The van der Waals surface area contributed by atoms with E-state index < -0.39 is 5.25 Å². The van der Waals surface area contributed by atoms with Crippen LogP contribution >= 0.6 is 11.8 Å². The standard InChI is InChI=1S/C25H22FN3O2S/c1-17-6-5-9-21(14-17)27-24(31)22-15-23(30)29(16-18-7-3-2-4-8-18)25(32-22)28-20-12-10-19(26)11-13-20/h2-14,22H,15-16H2,1H3,(H,27,31). The molecule has 32 heavy (non-hydrogen) atoms. The lowest BCUT2D eigenvalue weighted by atomic mass is 10.2. The van der Waals surface area contributed by atoms with Crippen molar-refractivity contribution in [2.45, 2.75) is 25.1 Å². The van der Waals surface area contributed by atoms with Crippen molar-refractivity contribution in [1.29, 1.82) is 0 Å². The molecule has 162 valence electrons. The zero-order valence-electron chi connectivity index (χ0n) is 17.5. The number of carbonyl (C=O) groups excluding carboxylic acids is 2. The SMILES string of the molecule is Cc1cccc(NC(=O)C2CC(=O)N(Cc3ccccc3)C(=Nc3ccc(F)cc3)S2)c1. The number of aryl methyl sites for hydroxylation is 1. The zero-order valence-corrected chi connectivity index (χ0v) is 18.3. The molecule has 3 aromatic carbocycles. The van der Waals surface area contributed by atoms with E-state index in [0.717, 1.165) is 11.1 Å². The lowest BCUT2D eigenvalue weighted by molar-refractivity contribution is -0.129. The molecule has 0 radical (unpaired) electrons. The second-order valence-corrected chi connectivity index (χ2v) is 8.68. The second kappa shape index (κ2) is 9.78. The Morgan fingerprint density at radius 1 is 1.09 bits per heavy atom. The summed E-state index contributed by atoms with van der Waals surface area (Å²) in [6.07, 6.45) is 0.0671. The van der Waals surface area contributed by atoms with Gasteiger partial charge in [-0.25, -0.2) is 9.38 Å². The van der Waals surface area contributed by atoms with Gasteiger partial charge in [-0.3, -0.25) is 14.5 Å². The third-order valence-corrected chi connectivity index (χ3v) is 6.14. The predicted molar refractivity (Wildman–Crippen MR) is 126 cm³/mol. The number of aliphatic imine (C=N–C) groups is 1. The minimum Gasteiger partial charge on any atom is -0.325 e. The van der Waals surface area contributed by atoms with Gasteiger partial charge in [0.15, 0.2) is 5.17 Å². The van der Waals surface area contributed by atoms with E-state index in [1.165, 1.54) is 23.9 Å². The highest BCUT2D eigenvalue weighted by molar-refractivity contribution is 8.15. The van der Waals surface area contributed by atoms with Crippen molar-refractivity contribution in [1.82, 2.24) is 4.90 Å². The molecule has 0 saturated carbocycles. The number of hydrogen-bond donors (Lipinski definition) is 1. The van der Waals surface area contributed by atoms with Crippen LogP contribution in [0, 0.1) is 12.7 Å². The summed E-state index contributed by atoms with van der Waals surface area (Å²) in [5.41, 5.74) is 3.19. The van der Waals surface area contributed by atoms with Crippen LogP contribution in [0.3, 0.4) is 0 Å². The Hall–Kier alpha value is -3.45. The zero-order chi connectivity index (χ0) is 22.5. The molecule has 7 heteroatoms. The van der Waals surface area contributed by atoms with Crippen LogP contribution < -0.4 is 5.32 Å². The second-order valence-electron chi connectivity index (χ2n) is 7.51. The lowest BCUT2D eigenvalue weighted by Crippen LogP contribution is -2.44. The summed E-state index contributed by atoms with van der Waals surface area (Å²) in [6.45, 7) is 2.29. The van der Waals surface area contributed by atoms with Crippen LogP contribution in [0.1, 0.15) is 17.5 Å². The molecule has 1 unspecified atom stereocenters. The number of anilines is 1. The first-order valence-electron chi connectivity index (χ1n) is 10.2. The van der Waals surface area contributed by atoms with Gasteiger partial charge in [0.1, 0.15) is 11.1 Å². The molecule has 0 aromatic heterocycles. The van der Waals surface area contributed by atoms with E-state index in [2.05, 4.69) is 10.3 Å². The van der Waals surface area contributed by atoms with Crippen molar-refractivity contribution in [2.75, 3.05) is 5.32 Å². The van der Waals surface area contributed by atoms with Crippen LogP contribution in [0.2, 0.25) is 0 Å². The lowest BCUT2D eigenvalue weighted by Gasteiger charge is -2.32. The summed E-state index contributed by atoms with van der Waals surface area (Å²) in [4.78, 5) is 32.2. The Balaban J connectivity index is 1.59. The normalized spacial score (nSPS) is 17.4. The summed E-state index contributed by atoms with van der Waals surface area (Å²) in [7, 11) is 0. The molecule has 2 amide bonds. The molecule has 1 fully saturated rings. The first kappa shape index (κ1) is 21.8. The molecular weight excluding hydrogens is 425 g/mol. The summed E-state index contributed by atoms with van der Waals surface area (Å²) in [5.74, 6) is -0.796. The Morgan fingerprint density at radius 3 is 2.56 bits per heavy atom. The van der Waals surface area contributed by atoms with Gasteiger partial charge in [0.25, 0.3) is 0 Å². The molecule has 0 spiro atoms. The largest absolute Gasteiger partial charge is 0.325 e. The topological polar surface area (TPSA) is 61.8 Å². The van der Waals surface area contributed by atoms with E-state index in [9.17, 15) is 14.0 Å². The summed E-state index contributed by atoms with van der Waals surface area (Å²) < 4.78 is 13.3. The number of amides is 2. The smallest absolute Gasteiger partial charge is 0.238 e. The van der Waals surface area contributed by atoms with Gasteiger partial charge in [-0.1, -0.05) is 54.2 Å². The molecule has 1 saturated heterocycles. The van der Waals surface area contributed by atoms with Gasteiger partial charge in [-0.2, -0.15) is 0 Å². The van der Waals surface area contributed by atoms with E-state index in [4.69, 9.17) is 0 Å². The first-order valence-corrected chi connectivity index (χ1v) is 11.1. The van der Waals surface area contributed by atoms with Crippen LogP contribution in [-0.4, -0.2) is 27.1 Å². The molecule has 4 rings (SSSR count). The van der Waals surface area contributed by atoms with E-state index in [1.807, 2.05) is 61.5 Å². The molecule has 1 atom stereocenters. The molecule has 0 bridgehead atoms. The van der Waals surface area contributed by atoms with E-state index in [0.29, 0.717) is 23.1 Å². The number of carbonyl (C=O) groups is 2. The molecular formula is C25H22FN3O2S. The minimum atomic E-state index is -0.616. The number of amidine groups is 1. The molecule has 1 aliphatic heterocycles. The molecule has 1 N–H and O–H groups in total. The number of rotatable bonds is 5.